The van der Waals surface area contributed by atoms with E-state index in [0.29, 0.717) is 17.7 Å². The van der Waals surface area contributed by atoms with E-state index in [-0.39, 0.29) is 11.2 Å². The van der Waals surface area contributed by atoms with Gasteiger partial charge in [-0.1, -0.05) is 17.8 Å². The Labute approximate surface area is 104 Å². The van der Waals surface area contributed by atoms with Gasteiger partial charge in [0.15, 0.2) is 0 Å². The third-order valence-corrected chi connectivity index (χ3v) is 3.47. The lowest BCUT2D eigenvalue weighted by Crippen LogP contribution is -2.31. The largest absolute Gasteiger partial charge is 0.352 e. The van der Waals surface area contributed by atoms with Gasteiger partial charge in [0, 0.05) is 6.54 Å². The van der Waals surface area contributed by atoms with Crippen LogP contribution in [0.3, 0.4) is 0 Å². The first kappa shape index (κ1) is 12.1. The van der Waals surface area contributed by atoms with Crippen molar-refractivity contribution >= 4 is 17.7 Å². The van der Waals surface area contributed by atoms with E-state index in [4.69, 9.17) is 0 Å². The molecule has 1 fully saturated rings. The Morgan fingerprint density at radius 2 is 2.53 bits per heavy atom. The Morgan fingerprint density at radius 1 is 1.76 bits per heavy atom. The summed E-state index contributed by atoms with van der Waals surface area (Å²) >= 11 is 1.38. The molecule has 1 saturated carbocycles. The van der Waals surface area contributed by atoms with E-state index in [0.717, 1.165) is 12.8 Å². The molecular formula is C10H15N5OS. The second-order valence-corrected chi connectivity index (χ2v) is 5.24. The second-order valence-electron chi connectivity index (χ2n) is 3.93. The maximum absolute atomic E-state index is 11.7. The molecule has 1 aliphatic carbocycles. The van der Waals surface area contributed by atoms with Crippen LogP contribution in [0.4, 0.5) is 0 Å². The summed E-state index contributed by atoms with van der Waals surface area (Å²) in [5.74, 6) is -0.0275. The predicted octanol–water partition coefficient (Wildman–Crippen LogP) is 0.791. The maximum Gasteiger partial charge on any atom is 0.233 e. The minimum Gasteiger partial charge on any atom is -0.352 e. The third kappa shape index (κ3) is 3.06. The number of hydrogen-bond donors (Lipinski definition) is 1. The number of hydrogen-bond acceptors (Lipinski definition) is 5. The van der Waals surface area contributed by atoms with E-state index in [1.807, 2.05) is 11.6 Å². The highest BCUT2D eigenvalue weighted by Crippen LogP contribution is 2.37. The summed E-state index contributed by atoms with van der Waals surface area (Å²) in [6.07, 6.45) is 3.90. The SMILES string of the molecule is C=CCNC(=O)[C@H](C)Sc1nnnn1C1CC1. The van der Waals surface area contributed by atoms with Crippen molar-refractivity contribution in [2.24, 2.45) is 0 Å². The fraction of sp³-hybridized carbons (Fsp3) is 0.600. The van der Waals surface area contributed by atoms with E-state index in [9.17, 15) is 4.79 Å². The molecule has 0 saturated heterocycles. The molecule has 17 heavy (non-hydrogen) atoms. The van der Waals surface area contributed by atoms with Crippen molar-refractivity contribution < 1.29 is 4.79 Å². The van der Waals surface area contributed by atoms with Crippen LogP contribution in [0.25, 0.3) is 0 Å². The zero-order valence-electron chi connectivity index (χ0n) is 9.67. The van der Waals surface area contributed by atoms with Gasteiger partial charge in [-0.25, -0.2) is 4.68 Å². The van der Waals surface area contributed by atoms with Crippen LogP contribution in [-0.2, 0) is 4.79 Å². The van der Waals surface area contributed by atoms with Gasteiger partial charge in [0.05, 0.1) is 11.3 Å². The van der Waals surface area contributed by atoms with Crippen molar-refractivity contribution in [1.82, 2.24) is 25.5 Å². The Morgan fingerprint density at radius 3 is 3.18 bits per heavy atom. The van der Waals surface area contributed by atoms with Gasteiger partial charge in [0.25, 0.3) is 0 Å². The summed E-state index contributed by atoms with van der Waals surface area (Å²) in [6, 6.07) is 0.427. The number of rotatable bonds is 6. The normalized spacial score (nSPS) is 16.5. The van der Waals surface area contributed by atoms with Crippen LogP contribution < -0.4 is 5.32 Å². The first-order chi connectivity index (χ1) is 8.22. The molecule has 1 N–H and O–H groups in total. The number of carbonyl (C=O) groups is 1. The smallest absolute Gasteiger partial charge is 0.233 e. The first-order valence-electron chi connectivity index (χ1n) is 5.55. The van der Waals surface area contributed by atoms with Crippen molar-refractivity contribution in [3.8, 4) is 0 Å². The molecule has 1 amide bonds. The molecule has 1 aliphatic rings. The highest BCUT2D eigenvalue weighted by molar-refractivity contribution is 8.00. The molecule has 0 radical (unpaired) electrons. The van der Waals surface area contributed by atoms with Crippen molar-refractivity contribution in [3.63, 3.8) is 0 Å². The zero-order chi connectivity index (χ0) is 12.3. The number of nitrogens with one attached hydrogen (secondary N) is 1. The monoisotopic (exact) mass is 253 g/mol. The van der Waals surface area contributed by atoms with Gasteiger partial charge in [-0.05, 0) is 30.2 Å². The molecule has 0 unspecified atom stereocenters. The fourth-order valence-corrected chi connectivity index (χ4v) is 2.22. The summed E-state index contributed by atoms with van der Waals surface area (Å²) in [7, 11) is 0. The highest BCUT2D eigenvalue weighted by atomic mass is 32.2. The lowest BCUT2D eigenvalue weighted by molar-refractivity contribution is -0.120. The van der Waals surface area contributed by atoms with Crippen LogP contribution in [0.5, 0.6) is 0 Å². The maximum atomic E-state index is 11.7. The van der Waals surface area contributed by atoms with Crippen molar-refractivity contribution in [3.05, 3.63) is 12.7 Å². The molecule has 1 aromatic heterocycles. The van der Waals surface area contributed by atoms with E-state index >= 15 is 0 Å². The number of thioether (sulfide) groups is 1. The summed E-state index contributed by atoms with van der Waals surface area (Å²) in [6.45, 7) is 5.88. The Hall–Kier alpha value is -1.37. The topological polar surface area (TPSA) is 72.7 Å². The fourth-order valence-electron chi connectivity index (χ4n) is 1.34. The number of carbonyl (C=O) groups excluding carboxylic acids is 1. The van der Waals surface area contributed by atoms with Crippen LogP contribution in [0.1, 0.15) is 25.8 Å². The van der Waals surface area contributed by atoms with Crippen LogP contribution in [0, 0.1) is 0 Å². The van der Waals surface area contributed by atoms with Gasteiger partial charge in [0.2, 0.25) is 11.1 Å². The molecule has 1 heterocycles. The van der Waals surface area contributed by atoms with E-state index < -0.39 is 0 Å². The number of amides is 1. The van der Waals surface area contributed by atoms with Gasteiger partial charge in [0.1, 0.15) is 0 Å². The van der Waals surface area contributed by atoms with Crippen LogP contribution in [0.15, 0.2) is 17.8 Å². The minimum atomic E-state index is -0.210. The van der Waals surface area contributed by atoms with Crippen molar-refractivity contribution in [1.29, 1.82) is 0 Å². The number of nitrogens with zero attached hydrogens (tertiary/aromatic N) is 4. The molecule has 1 aromatic rings. The minimum absolute atomic E-state index is 0.0275. The average molecular weight is 253 g/mol. The van der Waals surface area contributed by atoms with Crippen molar-refractivity contribution in [2.75, 3.05) is 6.54 Å². The molecule has 6 nitrogen and oxygen atoms in total. The standard InChI is InChI=1S/C10H15N5OS/c1-3-6-11-9(16)7(2)17-10-12-13-14-15(10)8-4-5-8/h3,7-8H,1,4-6H2,2H3,(H,11,16)/t7-/m0/s1. The van der Waals surface area contributed by atoms with Gasteiger partial charge < -0.3 is 5.32 Å². The molecule has 2 rings (SSSR count). The third-order valence-electron chi connectivity index (χ3n) is 2.43. The number of tetrazole rings is 1. The van der Waals surface area contributed by atoms with E-state index in [2.05, 4.69) is 27.4 Å². The molecule has 0 bridgehead atoms. The molecule has 0 aromatic carbocycles. The Bertz CT molecular complexity index is 415. The Balaban J connectivity index is 1.92. The number of aromatic nitrogens is 4. The molecular weight excluding hydrogens is 238 g/mol. The average Bonchev–Trinajstić information content (AvgIpc) is 3.07. The van der Waals surface area contributed by atoms with Gasteiger partial charge >= 0.3 is 0 Å². The molecule has 0 spiro atoms. The summed E-state index contributed by atoms with van der Waals surface area (Å²) in [4.78, 5) is 11.7. The molecule has 92 valence electrons. The lowest BCUT2D eigenvalue weighted by Gasteiger charge is -2.10. The van der Waals surface area contributed by atoms with Crippen molar-refractivity contribution in [2.45, 2.75) is 36.2 Å². The second kappa shape index (κ2) is 5.31. The van der Waals surface area contributed by atoms with Crippen LogP contribution >= 0.6 is 11.8 Å². The summed E-state index contributed by atoms with van der Waals surface area (Å²) in [5, 5.41) is 14.8. The summed E-state index contributed by atoms with van der Waals surface area (Å²) in [5.41, 5.74) is 0. The first-order valence-corrected chi connectivity index (χ1v) is 6.43. The van der Waals surface area contributed by atoms with Crippen LogP contribution in [0.2, 0.25) is 0 Å². The van der Waals surface area contributed by atoms with E-state index in [1.165, 1.54) is 11.8 Å². The summed E-state index contributed by atoms with van der Waals surface area (Å²) < 4.78 is 1.81. The molecule has 0 aliphatic heterocycles. The quantitative estimate of drug-likeness (QED) is 0.599. The Kier molecular flexibility index (Phi) is 3.78. The lowest BCUT2D eigenvalue weighted by atomic mass is 10.4. The van der Waals surface area contributed by atoms with Gasteiger partial charge in [-0.15, -0.1) is 11.7 Å². The van der Waals surface area contributed by atoms with Gasteiger partial charge in [-0.2, -0.15) is 0 Å². The highest BCUT2D eigenvalue weighted by Gasteiger charge is 2.29. The van der Waals surface area contributed by atoms with E-state index in [1.54, 1.807) is 6.08 Å². The molecule has 7 heteroatoms. The predicted molar refractivity (Wildman–Crippen MR) is 64.6 cm³/mol. The molecule has 1 atom stereocenters. The zero-order valence-corrected chi connectivity index (χ0v) is 10.5. The van der Waals surface area contributed by atoms with Crippen LogP contribution in [-0.4, -0.2) is 37.9 Å². The van der Waals surface area contributed by atoms with Gasteiger partial charge in [-0.3, -0.25) is 4.79 Å².